The number of aryl methyl sites for hydroxylation is 2. The van der Waals surface area contributed by atoms with Crippen LogP contribution in [0.25, 0.3) is 10.2 Å². The molecule has 1 saturated heterocycles. The summed E-state index contributed by atoms with van der Waals surface area (Å²) in [6.07, 6.45) is 2.19. The summed E-state index contributed by atoms with van der Waals surface area (Å²) in [5.41, 5.74) is 0.914. The maximum Gasteiger partial charge on any atom is 0.259 e. The molecule has 1 aliphatic heterocycles. The second-order valence-electron chi connectivity index (χ2n) is 5.98. The fraction of sp³-hybridized carbons (Fsp3) is 0.600. The van der Waals surface area contributed by atoms with Crippen molar-refractivity contribution in [1.29, 1.82) is 0 Å². The van der Waals surface area contributed by atoms with Crippen molar-refractivity contribution in [2.75, 3.05) is 13.2 Å². The van der Waals surface area contributed by atoms with E-state index in [2.05, 4.69) is 22.2 Å². The highest BCUT2D eigenvalue weighted by Crippen LogP contribution is 2.26. The molecule has 0 spiro atoms. The van der Waals surface area contributed by atoms with Crippen LogP contribution < -0.4 is 10.9 Å². The highest BCUT2D eigenvalue weighted by atomic mass is 32.1. The Morgan fingerprint density at radius 3 is 3.00 bits per heavy atom. The molecule has 1 unspecified atom stereocenters. The van der Waals surface area contributed by atoms with Crippen molar-refractivity contribution in [3.63, 3.8) is 0 Å². The molecule has 21 heavy (non-hydrogen) atoms. The lowest BCUT2D eigenvalue weighted by Crippen LogP contribution is -2.37. The molecule has 1 fully saturated rings. The van der Waals surface area contributed by atoms with Crippen LogP contribution in [0.1, 0.15) is 36.0 Å². The molecule has 2 aromatic heterocycles. The average molecular weight is 307 g/mol. The smallest absolute Gasteiger partial charge is 0.259 e. The zero-order valence-electron chi connectivity index (χ0n) is 12.7. The van der Waals surface area contributed by atoms with Crippen LogP contribution in [0.15, 0.2) is 4.79 Å². The molecule has 6 heteroatoms. The summed E-state index contributed by atoms with van der Waals surface area (Å²) in [5.74, 6) is 0.690. The summed E-state index contributed by atoms with van der Waals surface area (Å²) in [7, 11) is 0. The highest BCUT2D eigenvalue weighted by Gasteiger charge is 2.29. The first-order chi connectivity index (χ1) is 9.98. The monoisotopic (exact) mass is 307 g/mol. The van der Waals surface area contributed by atoms with E-state index in [9.17, 15) is 4.79 Å². The van der Waals surface area contributed by atoms with E-state index in [1.165, 1.54) is 0 Å². The Bertz CT molecular complexity index is 714. The van der Waals surface area contributed by atoms with Gasteiger partial charge in [-0.25, -0.2) is 4.98 Å². The van der Waals surface area contributed by atoms with Crippen LogP contribution in [0.3, 0.4) is 0 Å². The van der Waals surface area contributed by atoms with Crippen LogP contribution in [-0.2, 0) is 11.3 Å². The maximum atomic E-state index is 12.2. The van der Waals surface area contributed by atoms with E-state index in [1.54, 1.807) is 11.3 Å². The zero-order chi connectivity index (χ0) is 15.0. The van der Waals surface area contributed by atoms with Gasteiger partial charge < -0.3 is 15.0 Å². The van der Waals surface area contributed by atoms with E-state index >= 15 is 0 Å². The Balaban J connectivity index is 1.74. The average Bonchev–Trinajstić information content (AvgIpc) is 2.95. The predicted molar refractivity (Wildman–Crippen MR) is 85.0 cm³/mol. The fourth-order valence-electron chi connectivity index (χ4n) is 2.80. The molecule has 0 aliphatic carbocycles. The zero-order valence-corrected chi connectivity index (χ0v) is 13.5. The third-order valence-corrected chi connectivity index (χ3v) is 5.28. The van der Waals surface area contributed by atoms with Crippen molar-refractivity contribution in [3.05, 3.63) is 26.6 Å². The molecule has 114 valence electrons. The first-order valence-electron chi connectivity index (χ1n) is 7.32. The maximum absolute atomic E-state index is 12.2. The number of fused-ring (bicyclic) bond motifs is 1. The van der Waals surface area contributed by atoms with Gasteiger partial charge in [0, 0.05) is 18.0 Å². The van der Waals surface area contributed by atoms with E-state index in [0.29, 0.717) is 12.4 Å². The molecule has 0 bridgehead atoms. The number of nitrogens with zero attached hydrogens (tertiary/aromatic N) is 1. The predicted octanol–water partition coefficient (Wildman–Crippen LogP) is 2.26. The number of aromatic nitrogens is 2. The molecule has 0 radical (unpaired) electrons. The van der Waals surface area contributed by atoms with Crippen LogP contribution >= 0.6 is 11.3 Å². The van der Waals surface area contributed by atoms with Crippen molar-refractivity contribution < 1.29 is 4.74 Å². The fourth-order valence-corrected chi connectivity index (χ4v) is 3.85. The number of hydrogen-bond acceptors (Lipinski definition) is 5. The van der Waals surface area contributed by atoms with E-state index in [-0.39, 0.29) is 11.2 Å². The molecule has 3 rings (SSSR count). The van der Waals surface area contributed by atoms with Gasteiger partial charge >= 0.3 is 0 Å². The topological polar surface area (TPSA) is 67.0 Å². The molecule has 0 amide bonds. The largest absolute Gasteiger partial charge is 0.374 e. The van der Waals surface area contributed by atoms with Crippen LogP contribution in [0, 0.1) is 13.8 Å². The van der Waals surface area contributed by atoms with Gasteiger partial charge in [0.1, 0.15) is 10.7 Å². The summed E-state index contributed by atoms with van der Waals surface area (Å²) >= 11 is 1.58. The molecular weight excluding hydrogens is 286 g/mol. The summed E-state index contributed by atoms with van der Waals surface area (Å²) in [6.45, 7) is 8.29. The lowest BCUT2D eigenvalue weighted by Gasteiger charge is -2.23. The lowest BCUT2D eigenvalue weighted by atomic mass is 10.0. The van der Waals surface area contributed by atoms with Gasteiger partial charge in [0.15, 0.2) is 0 Å². The molecule has 2 N–H and O–H groups in total. The summed E-state index contributed by atoms with van der Waals surface area (Å²) in [6, 6.07) is 0. The summed E-state index contributed by atoms with van der Waals surface area (Å²) in [5, 5.41) is 4.07. The minimum absolute atomic E-state index is 0.0398. The SMILES string of the molecule is Cc1sc2nc(CNCC3(C)CCCO3)[nH]c(=O)c2c1C. The van der Waals surface area contributed by atoms with Crippen LogP contribution in [-0.4, -0.2) is 28.7 Å². The number of nitrogens with one attached hydrogen (secondary N) is 2. The summed E-state index contributed by atoms with van der Waals surface area (Å²) in [4.78, 5) is 21.6. The Kier molecular flexibility index (Phi) is 3.86. The number of hydrogen-bond donors (Lipinski definition) is 2. The Morgan fingerprint density at radius 1 is 1.48 bits per heavy atom. The van der Waals surface area contributed by atoms with Gasteiger partial charge in [-0.05, 0) is 39.2 Å². The number of aromatic amines is 1. The number of ether oxygens (including phenoxy) is 1. The quantitative estimate of drug-likeness (QED) is 0.909. The minimum atomic E-state index is -0.0828. The molecule has 5 nitrogen and oxygen atoms in total. The van der Waals surface area contributed by atoms with Crippen molar-refractivity contribution in [2.45, 2.75) is 45.8 Å². The van der Waals surface area contributed by atoms with Gasteiger partial charge in [-0.15, -0.1) is 11.3 Å². The first kappa shape index (κ1) is 14.7. The normalized spacial score (nSPS) is 22.2. The Hall–Kier alpha value is -1.24. The van der Waals surface area contributed by atoms with Gasteiger partial charge in [0.05, 0.1) is 17.5 Å². The number of H-pyrrole nitrogens is 1. The van der Waals surface area contributed by atoms with Gasteiger partial charge in [0.2, 0.25) is 0 Å². The number of rotatable bonds is 4. The van der Waals surface area contributed by atoms with Crippen molar-refractivity contribution in [1.82, 2.24) is 15.3 Å². The Labute approximate surface area is 127 Å². The number of thiophene rings is 1. The summed E-state index contributed by atoms with van der Waals surface area (Å²) < 4.78 is 5.74. The van der Waals surface area contributed by atoms with Crippen molar-refractivity contribution >= 4 is 21.6 Å². The second kappa shape index (κ2) is 5.51. The first-order valence-corrected chi connectivity index (χ1v) is 8.14. The van der Waals surface area contributed by atoms with E-state index in [1.807, 2.05) is 13.8 Å². The van der Waals surface area contributed by atoms with Gasteiger partial charge in [0.25, 0.3) is 5.56 Å². The van der Waals surface area contributed by atoms with E-state index < -0.39 is 0 Å². The molecule has 0 aromatic carbocycles. The second-order valence-corrected chi connectivity index (χ2v) is 7.18. The van der Waals surface area contributed by atoms with Crippen molar-refractivity contribution in [2.24, 2.45) is 0 Å². The van der Waals surface area contributed by atoms with E-state index in [4.69, 9.17) is 4.74 Å². The Morgan fingerprint density at radius 2 is 2.29 bits per heavy atom. The lowest BCUT2D eigenvalue weighted by molar-refractivity contribution is 0.0205. The molecule has 3 heterocycles. The van der Waals surface area contributed by atoms with Crippen LogP contribution in [0.4, 0.5) is 0 Å². The third-order valence-electron chi connectivity index (χ3n) is 4.18. The molecule has 2 aromatic rings. The van der Waals surface area contributed by atoms with Crippen molar-refractivity contribution in [3.8, 4) is 0 Å². The van der Waals surface area contributed by atoms with Gasteiger partial charge in [-0.1, -0.05) is 0 Å². The molecular formula is C15H21N3O2S. The standard InChI is InChI=1S/C15H21N3O2S/c1-9-10(2)21-14-12(9)13(19)17-11(18-14)7-16-8-15(3)5-4-6-20-15/h16H,4-8H2,1-3H3,(H,17,18,19). The highest BCUT2D eigenvalue weighted by molar-refractivity contribution is 7.18. The molecule has 1 aliphatic rings. The molecule has 0 saturated carbocycles. The molecule has 1 atom stereocenters. The van der Waals surface area contributed by atoms with Crippen LogP contribution in [0.2, 0.25) is 0 Å². The minimum Gasteiger partial charge on any atom is -0.374 e. The van der Waals surface area contributed by atoms with E-state index in [0.717, 1.165) is 46.7 Å². The van der Waals surface area contributed by atoms with Crippen LogP contribution in [0.5, 0.6) is 0 Å². The van der Waals surface area contributed by atoms with Gasteiger partial charge in [-0.2, -0.15) is 0 Å². The third kappa shape index (κ3) is 2.88. The van der Waals surface area contributed by atoms with Gasteiger partial charge in [-0.3, -0.25) is 4.79 Å².